The van der Waals surface area contributed by atoms with Gasteiger partial charge in [-0.3, -0.25) is 47.5 Å². The summed E-state index contributed by atoms with van der Waals surface area (Å²) in [4.78, 5) is 128. The van der Waals surface area contributed by atoms with Crippen molar-refractivity contribution >= 4 is 68.7 Å². The first-order valence-corrected chi connectivity index (χ1v) is 22.7. The Morgan fingerprint density at radius 2 is 1.02 bits per heavy atom. The monoisotopic (exact) mass is 941 g/mol. The van der Waals surface area contributed by atoms with Gasteiger partial charge in [-0.05, 0) is 52.5 Å². The summed E-state index contributed by atoms with van der Waals surface area (Å²) >= 11 is 0. The average molecular weight is 942 g/mol. The van der Waals surface area contributed by atoms with Crippen LogP contribution in [0.1, 0.15) is 98.3 Å². The van der Waals surface area contributed by atoms with E-state index in [1.54, 1.807) is 20.8 Å². The second kappa shape index (κ2) is 38.1. The molecule has 0 rings (SSSR count). The lowest BCUT2D eigenvalue weighted by atomic mass is 10.1. The van der Waals surface area contributed by atoms with Gasteiger partial charge in [0.25, 0.3) is 0 Å². The van der Waals surface area contributed by atoms with Gasteiger partial charge in [-0.2, -0.15) is 9.59 Å². The van der Waals surface area contributed by atoms with Gasteiger partial charge in [-0.25, -0.2) is 0 Å². The number of nitrogens with two attached hydrogens (primary N) is 3. The van der Waals surface area contributed by atoms with Gasteiger partial charge in [-0.15, -0.1) is 0 Å². The van der Waals surface area contributed by atoms with Crippen LogP contribution in [-0.4, -0.2) is 148 Å². The summed E-state index contributed by atoms with van der Waals surface area (Å²) in [5.74, 6) is -9.11. The average Bonchev–Trinajstić information content (AvgIpc) is 3.12. The highest BCUT2D eigenvalue weighted by molar-refractivity contribution is 7.58. The molecular weight excluding hydrogens is 876 g/mol. The second-order valence-electron chi connectivity index (χ2n) is 13.6. The molecule has 0 bridgehead atoms. The molecule has 0 spiro atoms. The SMILES string of the molecule is CC(CCC(=O)O)NC(=O)C[C@H](N)C(=O)O.CC(CCC(=O)O)NC(=O)[C@@H](N)CC(=O)O.CCCC(CP(=O)(O)CCCN)C(=O)O.CCCC(CP(=O)(O)O)C(=O)O.O=C=O. The number of carbonyl (C=O) groups is 8. The van der Waals surface area contributed by atoms with Crippen LogP contribution in [0.5, 0.6) is 0 Å². The highest BCUT2D eigenvalue weighted by atomic mass is 31.2. The fourth-order valence-corrected chi connectivity index (χ4v) is 7.22. The predicted octanol–water partition coefficient (Wildman–Crippen LogP) is -0.496. The third-order valence-electron chi connectivity index (χ3n) is 7.48. The molecule has 0 aromatic carbocycles. The number of hydrogen-bond donors (Lipinski definition) is 14. The molecule has 0 aromatic rings. The maximum Gasteiger partial charge on any atom is 0.373 e. The van der Waals surface area contributed by atoms with E-state index in [-0.39, 0.29) is 56.2 Å². The summed E-state index contributed by atoms with van der Waals surface area (Å²) in [7, 11) is -7.50. The van der Waals surface area contributed by atoms with Crippen molar-refractivity contribution in [1.29, 1.82) is 0 Å². The van der Waals surface area contributed by atoms with E-state index >= 15 is 0 Å². The molecule has 0 aliphatic heterocycles. The first kappa shape index (κ1) is 66.5. The van der Waals surface area contributed by atoms with Crippen molar-refractivity contribution in [2.45, 2.75) is 122 Å². The molecule has 0 heterocycles. The van der Waals surface area contributed by atoms with E-state index in [4.69, 9.17) is 67.2 Å². The van der Waals surface area contributed by atoms with Gasteiger partial charge in [0.05, 0.1) is 36.9 Å². The molecule has 0 aliphatic carbocycles. The summed E-state index contributed by atoms with van der Waals surface area (Å²) in [6, 6.07) is -3.00. The van der Waals surface area contributed by atoms with Crippen molar-refractivity contribution in [3.05, 3.63) is 0 Å². The normalized spacial score (nSPS) is 14.2. The molecule has 17 N–H and O–H groups in total. The number of rotatable bonds is 27. The van der Waals surface area contributed by atoms with Crippen LogP contribution in [0.15, 0.2) is 0 Å². The molecule has 0 radical (unpaired) electrons. The third-order valence-corrected chi connectivity index (χ3v) is 10.4. The molecule has 0 aromatic heterocycles. The molecule has 0 saturated carbocycles. The Bertz CT molecular complexity index is 1510. The summed E-state index contributed by atoms with van der Waals surface area (Å²) in [5, 5.41) is 56.0. The Morgan fingerprint density at radius 3 is 1.34 bits per heavy atom. The quantitative estimate of drug-likeness (QED) is 0.0462. The van der Waals surface area contributed by atoms with E-state index in [0.29, 0.717) is 45.1 Å². The van der Waals surface area contributed by atoms with Gasteiger partial charge in [-0.1, -0.05) is 26.7 Å². The van der Waals surface area contributed by atoms with Crippen molar-refractivity contribution in [3.8, 4) is 0 Å². The number of carboxylic acids is 6. The molecule has 26 nitrogen and oxygen atoms in total. The molecule has 62 heavy (non-hydrogen) atoms. The Hall–Kier alpha value is -4.64. The Morgan fingerprint density at radius 1 is 0.613 bits per heavy atom. The van der Waals surface area contributed by atoms with E-state index in [2.05, 4.69) is 10.6 Å². The van der Waals surface area contributed by atoms with Crippen LogP contribution >= 0.6 is 15.0 Å². The van der Waals surface area contributed by atoms with Crippen molar-refractivity contribution in [2.75, 3.05) is 25.0 Å². The molecule has 28 heteroatoms. The first-order valence-electron chi connectivity index (χ1n) is 18.9. The molecule has 0 saturated heterocycles. The lowest BCUT2D eigenvalue weighted by Crippen LogP contribution is -2.45. The van der Waals surface area contributed by atoms with E-state index in [1.807, 2.05) is 6.92 Å². The topological polar surface area (TPSA) is 489 Å². The summed E-state index contributed by atoms with van der Waals surface area (Å²) in [5.41, 5.74) is 15.7. The van der Waals surface area contributed by atoms with Crippen LogP contribution in [0.25, 0.3) is 0 Å². The molecule has 0 aliphatic rings. The fraction of sp³-hybridized carbons (Fsp3) is 0.735. The van der Waals surface area contributed by atoms with Crippen LogP contribution < -0.4 is 27.8 Å². The van der Waals surface area contributed by atoms with Gasteiger partial charge >= 0.3 is 49.6 Å². The number of aliphatic carboxylic acids is 6. The zero-order chi connectivity index (χ0) is 49.8. The van der Waals surface area contributed by atoms with Crippen molar-refractivity contribution in [3.63, 3.8) is 0 Å². The lowest BCUT2D eigenvalue weighted by molar-refractivity contribution is -0.192. The Kier molecular flexibility index (Phi) is 40.8. The predicted molar refractivity (Wildman–Crippen MR) is 217 cm³/mol. The Balaban J connectivity index is -0.000000229. The highest BCUT2D eigenvalue weighted by Crippen LogP contribution is 2.43. The molecule has 0 fully saturated rings. The number of carbonyl (C=O) groups excluding carboxylic acids is 4. The summed E-state index contributed by atoms with van der Waals surface area (Å²) in [6.45, 7) is 7.27. The van der Waals surface area contributed by atoms with Crippen LogP contribution in [-0.2, 0) is 57.1 Å². The minimum absolute atomic E-state index is 0.0492. The molecule has 5 unspecified atom stereocenters. The number of amides is 2. The van der Waals surface area contributed by atoms with E-state index in [1.165, 1.54) is 0 Å². The summed E-state index contributed by atoms with van der Waals surface area (Å²) < 4.78 is 22.1. The largest absolute Gasteiger partial charge is 0.481 e. The maximum absolute atomic E-state index is 11.6. The minimum atomic E-state index is -4.19. The molecular formula is C34H65N5O21P2. The lowest BCUT2D eigenvalue weighted by Gasteiger charge is -2.16. The fourth-order valence-electron chi connectivity index (χ4n) is 4.42. The van der Waals surface area contributed by atoms with Crippen LogP contribution in [0, 0.1) is 11.8 Å². The summed E-state index contributed by atoms with van der Waals surface area (Å²) in [6.07, 6.45) is 1.92. The second-order valence-corrected chi connectivity index (χ2v) is 17.8. The van der Waals surface area contributed by atoms with Crippen LogP contribution in [0.3, 0.4) is 0 Å². The van der Waals surface area contributed by atoms with Gasteiger partial charge in [0.2, 0.25) is 19.2 Å². The zero-order valence-electron chi connectivity index (χ0n) is 35.1. The van der Waals surface area contributed by atoms with Gasteiger partial charge < -0.3 is 73.2 Å². The van der Waals surface area contributed by atoms with Crippen molar-refractivity contribution in [1.82, 2.24) is 10.6 Å². The number of carboxylic acid groups (broad SMARTS) is 6. The van der Waals surface area contributed by atoms with E-state index in [0.717, 1.165) is 0 Å². The van der Waals surface area contributed by atoms with Gasteiger partial charge in [0.1, 0.15) is 6.04 Å². The molecule has 362 valence electrons. The number of hydrogen-bond acceptors (Lipinski definition) is 15. The van der Waals surface area contributed by atoms with Crippen LogP contribution in [0.4, 0.5) is 0 Å². The Labute approximate surface area is 358 Å². The zero-order valence-corrected chi connectivity index (χ0v) is 36.9. The van der Waals surface area contributed by atoms with Crippen molar-refractivity contribution < 1.29 is 102 Å². The van der Waals surface area contributed by atoms with Gasteiger partial charge in [0.15, 0.2) is 0 Å². The van der Waals surface area contributed by atoms with Gasteiger partial charge in [0, 0.05) is 37.2 Å². The van der Waals surface area contributed by atoms with E-state index < -0.39 is 99.1 Å². The molecule has 2 amide bonds. The molecule has 7 atom stereocenters. The highest BCUT2D eigenvalue weighted by Gasteiger charge is 2.28. The smallest absolute Gasteiger partial charge is 0.373 e. The van der Waals surface area contributed by atoms with Crippen molar-refractivity contribution in [2.24, 2.45) is 29.0 Å². The standard InChI is InChI=1S/2C9H16N2O5.C9H20NO4P.C6H13O5P.CO2/c1-5(2-3-8(13)14)11-7(12)4-6(10)9(15)16;1-5(2-3-7(12)13)11-9(16)6(10)4-8(14)15;1-2-4-8(9(11)12)7-15(13,14)6-3-5-10;1-2-3-5(6(7)8)4-12(9,10)11;2-1-3/h5-6H,2-4,10H2,1H3,(H,11,12)(H,13,14)(H,15,16);5-6H,2-4,10H2,1H3,(H,11,16)(H,12,13)(H,14,15);8H,2-7,10H2,1H3,(H,11,12)(H,13,14);5H,2-4H2,1H3,(H,7,8)(H2,9,10,11);/t2*5?,6-;;;/m00.../s1. The maximum atomic E-state index is 11.6. The third kappa shape index (κ3) is 48.0. The van der Waals surface area contributed by atoms with Crippen LogP contribution in [0.2, 0.25) is 0 Å². The number of nitrogens with one attached hydrogen (secondary N) is 2. The minimum Gasteiger partial charge on any atom is -0.481 e. The van der Waals surface area contributed by atoms with E-state index in [9.17, 15) is 52.4 Å². The first-order chi connectivity index (χ1) is 28.4.